The van der Waals surface area contributed by atoms with E-state index in [4.69, 9.17) is 4.74 Å². The number of para-hydroxylation sites is 1. The average Bonchev–Trinajstić information content (AvgIpc) is 2.49. The molecule has 110 valence electrons. The first kappa shape index (κ1) is 13.9. The van der Waals surface area contributed by atoms with E-state index < -0.39 is 6.10 Å². The molecule has 2 atom stereocenters. The van der Waals surface area contributed by atoms with E-state index in [1.165, 1.54) is 25.7 Å². The molecule has 0 radical (unpaired) electrons. The molecule has 0 saturated carbocycles. The van der Waals surface area contributed by atoms with E-state index >= 15 is 0 Å². The van der Waals surface area contributed by atoms with Gasteiger partial charge >= 0.3 is 0 Å². The molecule has 0 amide bonds. The average molecular weight is 275 g/mol. The largest absolute Gasteiger partial charge is 0.491 e. The van der Waals surface area contributed by atoms with E-state index in [9.17, 15) is 5.11 Å². The van der Waals surface area contributed by atoms with Gasteiger partial charge in [0.15, 0.2) is 0 Å². The van der Waals surface area contributed by atoms with Gasteiger partial charge in [0.25, 0.3) is 0 Å². The van der Waals surface area contributed by atoms with Crippen LogP contribution in [-0.4, -0.2) is 35.7 Å². The van der Waals surface area contributed by atoms with Crippen molar-refractivity contribution < 1.29 is 9.84 Å². The number of ether oxygens (including phenoxy) is 1. The van der Waals surface area contributed by atoms with Crippen molar-refractivity contribution in [3.63, 3.8) is 0 Å². The summed E-state index contributed by atoms with van der Waals surface area (Å²) in [5.74, 6) is 1.72. The minimum atomic E-state index is -0.414. The molecule has 2 aliphatic heterocycles. The monoisotopic (exact) mass is 275 g/mol. The van der Waals surface area contributed by atoms with Gasteiger partial charge in [-0.3, -0.25) is 4.90 Å². The number of aliphatic hydroxyl groups is 1. The van der Waals surface area contributed by atoms with E-state index in [0.29, 0.717) is 6.61 Å². The molecular formula is C17H25NO2. The zero-order valence-corrected chi connectivity index (χ0v) is 12.3. The van der Waals surface area contributed by atoms with Gasteiger partial charge in [-0.05, 0) is 37.9 Å². The first-order valence-electron chi connectivity index (χ1n) is 7.93. The van der Waals surface area contributed by atoms with Gasteiger partial charge < -0.3 is 9.84 Å². The quantitative estimate of drug-likeness (QED) is 0.920. The summed E-state index contributed by atoms with van der Waals surface area (Å²) in [6.45, 7) is 5.06. The van der Waals surface area contributed by atoms with Crippen molar-refractivity contribution in [2.24, 2.45) is 5.92 Å². The van der Waals surface area contributed by atoms with Gasteiger partial charge in [-0.1, -0.05) is 38.0 Å². The summed E-state index contributed by atoms with van der Waals surface area (Å²) in [5, 5.41) is 10.6. The minimum absolute atomic E-state index is 0.118. The summed E-state index contributed by atoms with van der Waals surface area (Å²) in [6, 6.07) is 7.98. The summed E-state index contributed by atoms with van der Waals surface area (Å²) in [6.07, 6.45) is 4.74. The molecule has 0 aromatic heterocycles. The number of likely N-dealkylation sites (tertiary alicyclic amines) is 1. The standard InChI is InChI=1S/C17H25NO2/c1-2-5-13-8-10-18(11-9-13)15-12-20-16-7-4-3-6-14(16)17(15)19/h3-4,6-7,13,15,17,19H,2,5,8-12H2,1H3. The fourth-order valence-electron chi connectivity index (χ4n) is 3.62. The maximum absolute atomic E-state index is 10.6. The van der Waals surface area contributed by atoms with Crippen LogP contribution < -0.4 is 4.74 Å². The number of hydrogen-bond donors (Lipinski definition) is 1. The zero-order chi connectivity index (χ0) is 13.9. The maximum Gasteiger partial charge on any atom is 0.125 e. The highest BCUT2D eigenvalue weighted by Gasteiger charge is 2.35. The molecule has 1 N–H and O–H groups in total. The first-order chi connectivity index (χ1) is 9.79. The lowest BCUT2D eigenvalue weighted by Crippen LogP contribution is -2.49. The Kier molecular flexibility index (Phi) is 4.27. The predicted molar refractivity (Wildman–Crippen MR) is 79.9 cm³/mol. The third kappa shape index (κ3) is 2.70. The van der Waals surface area contributed by atoms with Crippen molar-refractivity contribution >= 4 is 0 Å². The highest BCUT2D eigenvalue weighted by Crippen LogP contribution is 2.35. The second kappa shape index (κ2) is 6.15. The van der Waals surface area contributed by atoms with E-state index in [1.807, 2.05) is 24.3 Å². The fraction of sp³-hybridized carbons (Fsp3) is 0.647. The zero-order valence-electron chi connectivity index (χ0n) is 12.3. The Morgan fingerprint density at radius 2 is 2.00 bits per heavy atom. The summed E-state index contributed by atoms with van der Waals surface area (Å²) >= 11 is 0. The third-order valence-electron chi connectivity index (χ3n) is 4.83. The molecule has 20 heavy (non-hydrogen) atoms. The Morgan fingerprint density at radius 3 is 2.75 bits per heavy atom. The number of rotatable bonds is 3. The summed E-state index contributed by atoms with van der Waals surface area (Å²) in [7, 11) is 0. The third-order valence-corrected chi connectivity index (χ3v) is 4.83. The highest BCUT2D eigenvalue weighted by molar-refractivity contribution is 5.37. The molecule has 3 rings (SSSR count). The normalized spacial score (nSPS) is 27.9. The van der Waals surface area contributed by atoms with Crippen LogP contribution in [-0.2, 0) is 0 Å². The summed E-state index contributed by atoms with van der Waals surface area (Å²) in [5.41, 5.74) is 0.944. The second-order valence-electron chi connectivity index (χ2n) is 6.13. The van der Waals surface area contributed by atoms with Crippen LogP contribution in [0.25, 0.3) is 0 Å². The molecule has 1 fully saturated rings. The van der Waals surface area contributed by atoms with Crippen molar-refractivity contribution in [1.29, 1.82) is 0 Å². The van der Waals surface area contributed by atoms with Gasteiger partial charge in [0.05, 0.1) is 6.04 Å². The molecule has 3 nitrogen and oxygen atoms in total. The maximum atomic E-state index is 10.6. The Morgan fingerprint density at radius 1 is 1.25 bits per heavy atom. The minimum Gasteiger partial charge on any atom is -0.491 e. The number of aliphatic hydroxyl groups excluding tert-OH is 1. The van der Waals surface area contributed by atoms with Crippen molar-refractivity contribution in [3.8, 4) is 5.75 Å². The van der Waals surface area contributed by atoms with E-state index in [2.05, 4.69) is 11.8 Å². The molecule has 0 bridgehead atoms. The van der Waals surface area contributed by atoms with Crippen molar-refractivity contribution in [2.75, 3.05) is 19.7 Å². The van der Waals surface area contributed by atoms with Crippen LogP contribution in [0.1, 0.15) is 44.3 Å². The molecule has 1 aromatic rings. The Labute approximate surface area is 121 Å². The molecule has 1 saturated heterocycles. The Bertz CT molecular complexity index is 440. The van der Waals surface area contributed by atoms with Crippen LogP contribution in [0.4, 0.5) is 0 Å². The van der Waals surface area contributed by atoms with Crippen LogP contribution >= 0.6 is 0 Å². The lowest BCUT2D eigenvalue weighted by atomic mass is 9.90. The van der Waals surface area contributed by atoms with Crippen LogP contribution in [0.5, 0.6) is 5.75 Å². The Hall–Kier alpha value is -1.06. The number of benzene rings is 1. The van der Waals surface area contributed by atoms with Crippen LogP contribution in [0.2, 0.25) is 0 Å². The summed E-state index contributed by atoms with van der Waals surface area (Å²) < 4.78 is 5.83. The smallest absolute Gasteiger partial charge is 0.125 e. The van der Waals surface area contributed by atoms with Gasteiger partial charge in [-0.15, -0.1) is 0 Å². The summed E-state index contributed by atoms with van der Waals surface area (Å²) in [4.78, 5) is 2.42. The molecule has 2 aliphatic rings. The van der Waals surface area contributed by atoms with Crippen LogP contribution in [0.3, 0.4) is 0 Å². The second-order valence-corrected chi connectivity index (χ2v) is 6.13. The molecule has 0 spiro atoms. The SMILES string of the molecule is CCCC1CCN(C2COc3ccccc3C2O)CC1. The van der Waals surface area contributed by atoms with E-state index in [0.717, 1.165) is 30.3 Å². The molecule has 3 heteroatoms. The van der Waals surface area contributed by atoms with E-state index in [1.54, 1.807) is 0 Å². The molecule has 1 aromatic carbocycles. The topological polar surface area (TPSA) is 32.7 Å². The van der Waals surface area contributed by atoms with Crippen LogP contribution in [0, 0.1) is 5.92 Å². The highest BCUT2D eigenvalue weighted by atomic mass is 16.5. The molecular weight excluding hydrogens is 250 g/mol. The molecule has 2 heterocycles. The number of nitrogens with zero attached hydrogens (tertiary/aromatic N) is 1. The number of piperidine rings is 1. The van der Waals surface area contributed by atoms with Gasteiger partial charge in [0.2, 0.25) is 0 Å². The van der Waals surface area contributed by atoms with Crippen LogP contribution in [0.15, 0.2) is 24.3 Å². The van der Waals surface area contributed by atoms with Crippen molar-refractivity contribution in [1.82, 2.24) is 4.90 Å². The van der Waals surface area contributed by atoms with Gasteiger partial charge in [0, 0.05) is 5.56 Å². The van der Waals surface area contributed by atoms with Crippen molar-refractivity contribution in [3.05, 3.63) is 29.8 Å². The molecule has 0 aliphatic carbocycles. The lowest BCUT2D eigenvalue weighted by Gasteiger charge is -2.41. The first-order valence-corrected chi connectivity index (χ1v) is 7.93. The van der Waals surface area contributed by atoms with Gasteiger partial charge in [0.1, 0.15) is 18.5 Å². The lowest BCUT2D eigenvalue weighted by molar-refractivity contribution is -0.0113. The van der Waals surface area contributed by atoms with Gasteiger partial charge in [-0.2, -0.15) is 0 Å². The number of hydrogen-bond acceptors (Lipinski definition) is 3. The molecule has 2 unspecified atom stereocenters. The van der Waals surface area contributed by atoms with E-state index in [-0.39, 0.29) is 6.04 Å². The van der Waals surface area contributed by atoms with Crippen molar-refractivity contribution in [2.45, 2.75) is 44.8 Å². The Balaban J connectivity index is 1.65. The fourth-order valence-corrected chi connectivity index (χ4v) is 3.62. The predicted octanol–water partition coefficient (Wildman–Crippen LogP) is 2.99. The van der Waals surface area contributed by atoms with Gasteiger partial charge in [-0.25, -0.2) is 0 Å². The number of fused-ring (bicyclic) bond motifs is 1.